The van der Waals surface area contributed by atoms with Gasteiger partial charge >= 0.3 is 0 Å². The molecule has 1 N–H and O–H groups in total. The van der Waals surface area contributed by atoms with Crippen molar-refractivity contribution in [1.29, 1.82) is 5.26 Å². The number of halogens is 1. The fourth-order valence-electron chi connectivity index (χ4n) is 3.65. The summed E-state index contributed by atoms with van der Waals surface area (Å²) >= 11 is 6.06. The van der Waals surface area contributed by atoms with Gasteiger partial charge in [0, 0.05) is 22.9 Å². The number of rotatable bonds is 4. The highest BCUT2D eigenvalue weighted by Crippen LogP contribution is 2.55. The number of hydrogen-bond donors (Lipinski definition) is 1. The number of ether oxygens (including phenoxy) is 1. The molecule has 4 nitrogen and oxygen atoms in total. The summed E-state index contributed by atoms with van der Waals surface area (Å²) in [4.78, 5) is 5.10. The largest absolute Gasteiger partial charge is 0.489 e. The zero-order valence-electron chi connectivity index (χ0n) is 13.0. The summed E-state index contributed by atoms with van der Waals surface area (Å²) in [6.07, 6.45) is 0.0154. The van der Waals surface area contributed by atoms with Crippen LogP contribution < -0.4 is 10.2 Å². The second kappa shape index (κ2) is 5.49. The van der Waals surface area contributed by atoms with E-state index < -0.39 is 0 Å². The maximum atomic E-state index is 8.91. The van der Waals surface area contributed by atoms with Gasteiger partial charge in [0.2, 0.25) is 0 Å². The molecule has 0 spiro atoms. The number of hydroxylamine groups is 1. The molecule has 0 amide bonds. The van der Waals surface area contributed by atoms with Crippen LogP contribution in [0, 0.1) is 22.2 Å². The first kappa shape index (κ1) is 16.1. The molecule has 0 aliphatic heterocycles. The zero-order chi connectivity index (χ0) is 15.8. The van der Waals surface area contributed by atoms with Crippen LogP contribution in [-0.2, 0) is 4.84 Å². The van der Waals surface area contributed by atoms with Gasteiger partial charge in [-0.2, -0.15) is 10.7 Å². The van der Waals surface area contributed by atoms with Gasteiger partial charge < -0.3 is 9.57 Å². The summed E-state index contributed by atoms with van der Waals surface area (Å²) in [7, 11) is 1.63. The van der Waals surface area contributed by atoms with Gasteiger partial charge in [-0.05, 0) is 12.1 Å². The first-order valence-corrected chi connectivity index (χ1v) is 7.27. The molecule has 21 heavy (non-hydrogen) atoms. The van der Waals surface area contributed by atoms with E-state index in [4.69, 9.17) is 26.4 Å². The molecular weight excluding hydrogens is 288 g/mol. The minimum Gasteiger partial charge on any atom is -0.489 e. The van der Waals surface area contributed by atoms with Crippen molar-refractivity contribution in [2.45, 2.75) is 39.8 Å². The highest BCUT2D eigenvalue weighted by molar-refractivity contribution is 6.31. The van der Waals surface area contributed by atoms with Gasteiger partial charge in [-0.1, -0.05) is 39.3 Å². The van der Waals surface area contributed by atoms with Gasteiger partial charge in [0.25, 0.3) is 0 Å². The lowest BCUT2D eigenvalue weighted by molar-refractivity contribution is -0.203. The van der Waals surface area contributed by atoms with Crippen LogP contribution in [0.2, 0.25) is 5.02 Å². The maximum absolute atomic E-state index is 8.91. The van der Waals surface area contributed by atoms with Gasteiger partial charge in [-0.15, -0.1) is 0 Å². The molecule has 0 unspecified atom stereocenters. The average molecular weight is 309 g/mol. The van der Waals surface area contributed by atoms with E-state index in [1.54, 1.807) is 25.3 Å². The lowest BCUT2D eigenvalue weighted by Crippen LogP contribution is -2.73. The third-order valence-corrected chi connectivity index (χ3v) is 4.70. The molecule has 1 saturated carbocycles. The first-order chi connectivity index (χ1) is 9.75. The smallest absolute Gasteiger partial charge is 0.121 e. The predicted molar refractivity (Wildman–Crippen MR) is 82.1 cm³/mol. The third kappa shape index (κ3) is 2.62. The standard InChI is InChI=1S/C16H21ClN2O2/c1-15(2)13(19-20-5)16(3,4)14(15)21-11-7-6-10(9-18)12(17)8-11/h6-8,13-14,19H,1-5H3/t13-,14-. The normalized spacial score (nSPS) is 25.8. The van der Waals surface area contributed by atoms with Crippen molar-refractivity contribution in [2.75, 3.05) is 7.11 Å². The Kier molecular flexibility index (Phi) is 4.21. The number of nitriles is 1. The molecule has 5 heteroatoms. The maximum Gasteiger partial charge on any atom is 0.121 e. The Balaban J connectivity index is 2.20. The summed E-state index contributed by atoms with van der Waals surface area (Å²) in [6, 6.07) is 7.40. The highest BCUT2D eigenvalue weighted by atomic mass is 35.5. The lowest BCUT2D eigenvalue weighted by Gasteiger charge is -2.62. The van der Waals surface area contributed by atoms with Crippen LogP contribution in [0.5, 0.6) is 5.75 Å². The van der Waals surface area contributed by atoms with Crippen LogP contribution in [0.15, 0.2) is 18.2 Å². The monoisotopic (exact) mass is 308 g/mol. The van der Waals surface area contributed by atoms with Gasteiger partial charge in [-0.25, -0.2) is 0 Å². The summed E-state index contributed by atoms with van der Waals surface area (Å²) in [6.45, 7) is 8.57. The highest BCUT2D eigenvalue weighted by Gasteiger charge is 2.63. The number of benzene rings is 1. The molecule has 0 aromatic heterocycles. The van der Waals surface area contributed by atoms with Gasteiger partial charge in [0.1, 0.15) is 17.9 Å². The molecule has 1 fully saturated rings. The van der Waals surface area contributed by atoms with E-state index in [0.29, 0.717) is 16.3 Å². The minimum absolute atomic E-state index is 0.0154. The Bertz CT molecular complexity index is 562. The summed E-state index contributed by atoms with van der Waals surface area (Å²) < 4.78 is 6.15. The van der Waals surface area contributed by atoms with Crippen molar-refractivity contribution < 1.29 is 9.57 Å². The predicted octanol–water partition coefficient (Wildman–Crippen LogP) is 3.54. The summed E-state index contributed by atoms with van der Waals surface area (Å²) in [5, 5.41) is 9.32. The van der Waals surface area contributed by atoms with Gasteiger partial charge in [-0.3, -0.25) is 0 Å². The third-order valence-electron chi connectivity index (χ3n) is 4.39. The van der Waals surface area contributed by atoms with Crippen LogP contribution in [0.3, 0.4) is 0 Å². The van der Waals surface area contributed by atoms with E-state index >= 15 is 0 Å². The molecule has 0 saturated heterocycles. The van der Waals surface area contributed by atoms with Gasteiger partial charge in [0.05, 0.1) is 17.7 Å². The van der Waals surface area contributed by atoms with Crippen molar-refractivity contribution >= 4 is 11.6 Å². The zero-order valence-corrected chi connectivity index (χ0v) is 13.8. The lowest BCUT2D eigenvalue weighted by atomic mass is 9.49. The molecule has 2 rings (SSSR count). The molecule has 0 atom stereocenters. The molecule has 1 aromatic rings. The van der Waals surface area contributed by atoms with Crippen molar-refractivity contribution in [1.82, 2.24) is 5.48 Å². The van der Waals surface area contributed by atoms with E-state index in [1.165, 1.54) is 0 Å². The minimum atomic E-state index is -0.0834. The number of nitrogens with zero attached hydrogens (tertiary/aromatic N) is 1. The molecule has 0 heterocycles. The first-order valence-electron chi connectivity index (χ1n) is 6.90. The Morgan fingerprint density at radius 3 is 2.33 bits per heavy atom. The van der Waals surface area contributed by atoms with E-state index in [-0.39, 0.29) is 23.0 Å². The molecule has 114 valence electrons. The van der Waals surface area contributed by atoms with Crippen molar-refractivity contribution in [3.8, 4) is 11.8 Å². The van der Waals surface area contributed by atoms with Crippen LogP contribution >= 0.6 is 11.6 Å². The van der Waals surface area contributed by atoms with E-state index in [2.05, 4.69) is 33.2 Å². The number of nitrogens with one attached hydrogen (secondary N) is 1. The Hall–Kier alpha value is -1.28. The molecule has 1 aromatic carbocycles. The molecule has 1 aliphatic rings. The SMILES string of the molecule is CON[C@H]1C(C)(C)[C@H](Oc2ccc(C#N)c(Cl)c2)C1(C)C. The van der Waals surface area contributed by atoms with Gasteiger partial charge in [0.15, 0.2) is 0 Å². The van der Waals surface area contributed by atoms with Crippen LogP contribution in [-0.4, -0.2) is 19.3 Å². The number of hydrogen-bond acceptors (Lipinski definition) is 4. The van der Waals surface area contributed by atoms with E-state index in [0.717, 1.165) is 0 Å². The summed E-state index contributed by atoms with van der Waals surface area (Å²) in [5.74, 6) is 0.681. The van der Waals surface area contributed by atoms with Crippen molar-refractivity contribution in [3.63, 3.8) is 0 Å². The molecule has 0 radical (unpaired) electrons. The van der Waals surface area contributed by atoms with E-state index in [1.807, 2.05) is 6.07 Å². The van der Waals surface area contributed by atoms with E-state index in [9.17, 15) is 0 Å². The van der Waals surface area contributed by atoms with Crippen LogP contribution in [0.25, 0.3) is 0 Å². The topological polar surface area (TPSA) is 54.3 Å². The molecule has 1 aliphatic carbocycles. The van der Waals surface area contributed by atoms with Crippen molar-refractivity contribution in [2.24, 2.45) is 10.8 Å². The average Bonchev–Trinajstić information content (AvgIpc) is 2.41. The second-order valence-electron chi connectivity index (χ2n) is 6.65. The fraction of sp³-hybridized carbons (Fsp3) is 0.562. The Labute approximate surface area is 131 Å². The van der Waals surface area contributed by atoms with Crippen molar-refractivity contribution in [3.05, 3.63) is 28.8 Å². The Morgan fingerprint density at radius 2 is 1.86 bits per heavy atom. The summed E-state index contributed by atoms with van der Waals surface area (Å²) in [5.41, 5.74) is 3.35. The molecular formula is C16H21ClN2O2. The quantitative estimate of drug-likeness (QED) is 0.864. The fourth-order valence-corrected chi connectivity index (χ4v) is 3.86. The molecule has 0 bridgehead atoms. The second-order valence-corrected chi connectivity index (χ2v) is 7.06. The van der Waals surface area contributed by atoms with Crippen LogP contribution in [0.4, 0.5) is 0 Å². The van der Waals surface area contributed by atoms with Crippen LogP contribution in [0.1, 0.15) is 33.3 Å². The Morgan fingerprint density at radius 1 is 1.24 bits per heavy atom.